The molecule has 0 spiro atoms. The van der Waals surface area contributed by atoms with Gasteiger partial charge in [0.15, 0.2) is 0 Å². The van der Waals surface area contributed by atoms with Crippen molar-refractivity contribution in [1.82, 2.24) is 4.90 Å². The van der Waals surface area contributed by atoms with E-state index in [1.54, 1.807) is 12.1 Å². The Balaban J connectivity index is 1.47. The van der Waals surface area contributed by atoms with Crippen LogP contribution >= 0.6 is 0 Å². The number of halogens is 3. The third kappa shape index (κ3) is 5.22. The van der Waals surface area contributed by atoms with E-state index >= 15 is 0 Å². The molecule has 0 saturated carbocycles. The van der Waals surface area contributed by atoms with Crippen LogP contribution in [0.25, 0.3) is 0 Å². The summed E-state index contributed by atoms with van der Waals surface area (Å²) in [5.74, 6) is 0.288. The highest BCUT2D eigenvalue weighted by Gasteiger charge is 2.31. The van der Waals surface area contributed by atoms with Gasteiger partial charge in [-0.25, -0.2) is 13.2 Å². The zero-order valence-electron chi connectivity index (χ0n) is 16.6. The van der Waals surface area contributed by atoms with Crippen molar-refractivity contribution in [3.63, 3.8) is 0 Å². The number of hydrogen-bond donors (Lipinski definition) is 0. The molecule has 1 fully saturated rings. The van der Waals surface area contributed by atoms with Crippen LogP contribution < -0.4 is 4.74 Å². The second-order valence-electron chi connectivity index (χ2n) is 7.83. The minimum absolute atomic E-state index is 0.190. The lowest BCUT2D eigenvalue weighted by Gasteiger charge is -2.39. The van der Waals surface area contributed by atoms with Crippen LogP contribution in [0.5, 0.6) is 5.75 Å². The zero-order valence-corrected chi connectivity index (χ0v) is 16.6. The second kappa shape index (κ2) is 9.35. The first-order valence-electron chi connectivity index (χ1n) is 10.2. The summed E-state index contributed by atoms with van der Waals surface area (Å²) in [6.07, 6.45) is 0.921. The molecule has 2 atom stereocenters. The molecular formula is C25H24F3NO. The summed E-state index contributed by atoms with van der Waals surface area (Å²) in [6, 6.07) is 19.3. The summed E-state index contributed by atoms with van der Waals surface area (Å²) in [7, 11) is 0. The van der Waals surface area contributed by atoms with Gasteiger partial charge in [-0.05, 0) is 78.5 Å². The molecule has 3 aromatic carbocycles. The fourth-order valence-electron chi connectivity index (χ4n) is 4.15. The van der Waals surface area contributed by atoms with Crippen molar-refractivity contribution in [1.29, 1.82) is 0 Å². The van der Waals surface area contributed by atoms with Gasteiger partial charge in [0.2, 0.25) is 0 Å². The van der Waals surface area contributed by atoms with E-state index in [1.807, 2.05) is 24.3 Å². The fraction of sp³-hybridized carbons (Fsp3) is 0.280. The lowest BCUT2D eigenvalue weighted by molar-refractivity contribution is 0.106. The van der Waals surface area contributed by atoms with Crippen LogP contribution in [-0.2, 0) is 6.54 Å². The number of nitrogens with zero attached hydrogens (tertiary/aromatic N) is 1. The van der Waals surface area contributed by atoms with Gasteiger partial charge in [0, 0.05) is 19.0 Å². The Kier molecular flexibility index (Phi) is 6.38. The van der Waals surface area contributed by atoms with E-state index in [0.29, 0.717) is 12.4 Å². The molecule has 30 heavy (non-hydrogen) atoms. The predicted octanol–water partition coefficient (Wildman–Crippen LogP) is 5.79. The van der Waals surface area contributed by atoms with Gasteiger partial charge in [-0.15, -0.1) is 0 Å². The van der Waals surface area contributed by atoms with Gasteiger partial charge in [0.25, 0.3) is 0 Å². The van der Waals surface area contributed by atoms with Crippen molar-refractivity contribution in [2.45, 2.75) is 18.9 Å². The molecule has 2 nitrogen and oxygen atoms in total. The number of benzene rings is 3. The van der Waals surface area contributed by atoms with Crippen LogP contribution in [-0.4, -0.2) is 24.6 Å². The van der Waals surface area contributed by atoms with Gasteiger partial charge >= 0.3 is 0 Å². The molecule has 156 valence electrons. The monoisotopic (exact) mass is 411 g/mol. The maximum atomic E-state index is 13.4. The first-order valence-corrected chi connectivity index (χ1v) is 10.2. The van der Waals surface area contributed by atoms with Gasteiger partial charge in [0.05, 0.1) is 6.61 Å². The summed E-state index contributed by atoms with van der Waals surface area (Å²) >= 11 is 0. The van der Waals surface area contributed by atoms with E-state index in [4.69, 9.17) is 4.74 Å². The molecule has 1 aliphatic heterocycles. The topological polar surface area (TPSA) is 12.5 Å². The van der Waals surface area contributed by atoms with Crippen LogP contribution in [0.1, 0.15) is 23.5 Å². The largest absolute Gasteiger partial charge is 0.493 e. The number of rotatable bonds is 6. The van der Waals surface area contributed by atoms with Crippen LogP contribution in [0.2, 0.25) is 0 Å². The van der Waals surface area contributed by atoms with E-state index in [9.17, 15) is 13.2 Å². The molecule has 1 aliphatic rings. The van der Waals surface area contributed by atoms with E-state index in [-0.39, 0.29) is 29.3 Å². The summed E-state index contributed by atoms with van der Waals surface area (Å²) in [6.45, 7) is 2.92. The Morgan fingerprint density at radius 1 is 0.767 bits per heavy atom. The molecule has 1 saturated heterocycles. The van der Waals surface area contributed by atoms with E-state index in [1.165, 1.54) is 36.4 Å². The number of hydrogen-bond acceptors (Lipinski definition) is 2. The molecule has 0 unspecified atom stereocenters. The van der Waals surface area contributed by atoms with Crippen molar-refractivity contribution in [3.8, 4) is 5.75 Å². The van der Waals surface area contributed by atoms with Gasteiger partial charge in [-0.2, -0.15) is 0 Å². The molecule has 0 aromatic heterocycles. The molecule has 0 amide bonds. The van der Waals surface area contributed by atoms with E-state index in [0.717, 1.165) is 37.2 Å². The summed E-state index contributed by atoms with van der Waals surface area (Å²) in [4.78, 5) is 2.34. The molecule has 1 heterocycles. The van der Waals surface area contributed by atoms with E-state index < -0.39 is 0 Å². The Hall–Kier alpha value is -2.79. The summed E-state index contributed by atoms with van der Waals surface area (Å²) in [5, 5.41) is 0. The predicted molar refractivity (Wildman–Crippen MR) is 111 cm³/mol. The normalized spacial score (nSPS) is 19.6. The number of piperidine rings is 1. The zero-order chi connectivity index (χ0) is 20.9. The lowest BCUT2D eigenvalue weighted by atomic mass is 9.80. The molecule has 0 N–H and O–H groups in total. The van der Waals surface area contributed by atoms with Gasteiger partial charge in [0.1, 0.15) is 23.2 Å². The van der Waals surface area contributed by atoms with Crippen LogP contribution in [0, 0.1) is 23.4 Å². The van der Waals surface area contributed by atoms with Crippen molar-refractivity contribution in [3.05, 3.63) is 101 Å². The molecule has 3 aromatic rings. The Morgan fingerprint density at radius 3 is 1.97 bits per heavy atom. The average molecular weight is 411 g/mol. The molecule has 4 rings (SSSR count). The van der Waals surface area contributed by atoms with E-state index in [2.05, 4.69) is 4.90 Å². The second-order valence-corrected chi connectivity index (χ2v) is 7.83. The Labute approximate surface area is 174 Å². The quantitative estimate of drug-likeness (QED) is 0.509. The molecule has 0 aliphatic carbocycles. The molecule has 5 heteroatoms. The van der Waals surface area contributed by atoms with Crippen molar-refractivity contribution >= 4 is 0 Å². The Morgan fingerprint density at radius 2 is 1.33 bits per heavy atom. The molecular weight excluding hydrogens is 387 g/mol. The smallest absolute Gasteiger partial charge is 0.123 e. The molecule has 0 bridgehead atoms. The van der Waals surface area contributed by atoms with Crippen molar-refractivity contribution in [2.75, 3.05) is 19.7 Å². The van der Waals surface area contributed by atoms with Crippen LogP contribution in [0.4, 0.5) is 13.2 Å². The van der Waals surface area contributed by atoms with Crippen LogP contribution in [0.3, 0.4) is 0 Å². The van der Waals surface area contributed by atoms with Crippen LogP contribution in [0.15, 0.2) is 72.8 Å². The Bertz CT molecular complexity index is 942. The van der Waals surface area contributed by atoms with Gasteiger partial charge < -0.3 is 4.74 Å². The minimum Gasteiger partial charge on any atom is -0.493 e. The SMILES string of the molecule is Fc1ccc(CN2CC[C@H](c3ccc(F)cc3)[C@@H](COc3ccc(F)cc3)C2)cc1. The highest BCUT2D eigenvalue weighted by molar-refractivity contribution is 5.24. The third-order valence-electron chi connectivity index (χ3n) is 5.71. The molecule has 0 radical (unpaired) electrons. The first-order chi connectivity index (χ1) is 14.6. The summed E-state index contributed by atoms with van der Waals surface area (Å²) in [5.41, 5.74) is 2.17. The number of likely N-dealkylation sites (tertiary alicyclic amines) is 1. The van der Waals surface area contributed by atoms with Crippen molar-refractivity contribution < 1.29 is 17.9 Å². The average Bonchev–Trinajstić information content (AvgIpc) is 2.76. The van der Waals surface area contributed by atoms with Gasteiger partial charge in [-0.1, -0.05) is 24.3 Å². The van der Waals surface area contributed by atoms with Crippen molar-refractivity contribution in [2.24, 2.45) is 5.92 Å². The third-order valence-corrected chi connectivity index (χ3v) is 5.71. The van der Waals surface area contributed by atoms with Gasteiger partial charge in [-0.3, -0.25) is 4.90 Å². The maximum absolute atomic E-state index is 13.4. The fourth-order valence-corrected chi connectivity index (χ4v) is 4.15. The maximum Gasteiger partial charge on any atom is 0.123 e. The number of ether oxygens (including phenoxy) is 1. The highest BCUT2D eigenvalue weighted by atomic mass is 19.1. The highest BCUT2D eigenvalue weighted by Crippen LogP contribution is 2.34. The standard InChI is InChI=1S/C25H24F3NO/c26-21-5-1-18(2-6-21)15-29-14-13-25(19-3-7-22(27)8-4-19)20(16-29)17-30-24-11-9-23(28)10-12-24/h1-12,20,25H,13-17H2/t20-,25-/m1/s1. The first kappa shape index (κ1) is 20.5. The summed E-state index contributed by atoms with van der Waals surface area (Å²) < 4.78 is 45.7. The minimum atomic E-state index is -0.297. The lowest BCUT2D eigenvalue weighted by Crippen LogP contribution is -2.41.